The minimum absolute atomic E-state index is 0.114. The second kappa shape index (κ2) is 8.47. The first-order valence-electron chi connectivity index (χ1n) is 8.74. The maximum atomic E-state index is 12.8. The van der Waals surface area contributed by atoms with Crippen molar-refractivity contribution in [2.24, 2.45) is 0 Å². The third-order valence-corrected chi connectivity index (χ3v) is 4.47. The average molecular weight is 382 g/mol. The molecule has 2 aromatic rings. The van der Waals surface area contributed by atoms with Crippen LogP contribution in [0.3, 0.4) is 0 Å². The van der Waals surface area contributed by atoms with Crippen LogP contribution in [0.5, 0.6) is 11.5 Å². The fourth-order valence-corrected chi connectivity index (χ4v) is 2.96. The lowest BCUT2D eigenvalue weighted by atomic mass is 9.95. The number of urea groups is 1. The Morgan fingerprint density at radius 1 is 0.964 bits per heavy atom. The van der Waals surface area contributed by atoms with Gasteiger partial charge in [0, 0.05) is 5.70 Å². The molecule has 2 aromatic carbocycles. The van der Waals surface area contributed by atoms with E-state index in [0.717, 1.165) is 16.9 Å². The van der Waals surface area contributed by atoms with E-state index in [2.05, 4.69) is 10.6 Å². The summed E-state index contributed by atoms with van der Waals surface area (Å²) in [5.41, 5.74) is 2.41. The average Bonchev–Trinajstić information content (AvgIpc) is 2.72. The van der Waals surface area contributed by atoms with Crippen molar-refractivity contribution in [2.45, 2.75) is 19.6 Å². The molecule has 146 valence electrons. The van der Waals surface area contributed by atoms with Gasteiger partial charge in [0.15, 0.2) is 0 Å². The molecular formula is C21H22N2O5. The Labute approximate surface area is 163 Å². The van der Waals surface area contributed by atoms with Crippen molar-refractivity contribution in [2.75, 3.05) is 14.2 Å². The SMILES string of the molecule is COc1ccc(COC(=O)C2=C(C)NC(=O)N[C@H]2c2ccc(OC)cc2)cc1. The molecule has 0 saturated carbocycles. The van der Waals surface area contributed by atoms with Crippen LogP contribution in [-0.2, 0) is 16.1 Å². The summed E-state index contributed by atoms with van der Waals surface area (Å²) in [7, 11) is 3.17. The van der Waals surface area contributed by atoms with Crippen LogP contribution in [0.2, 0.25) is 0 Å². The van der Waals surface area contributed by atoms with Gasteiger partial charge in [-0.25, -0.2) is 9.59 Å². The van der Waals surface area contributed by atoms with E-state index in [1.165, 1.54) is 0 Å². The number of nitrogens with one attached hydrogen (secondary N) is 2. The number of esters is 1. The summed E-state index contributed by atoms with van der Waals surface area (Å²) in [6.45, 7) is 1.79. The third-order valence-electron chi connectivity index (χ3n) is 4.47. The molecule has 28 heavy (non-hydrogen) atoms. The van der Waals surface area contributed by atoms with Crippen molar-refractivity contribution in [3.8, 4) is 11.5 Å². The standard InChI is InChI=1S/C21H22N2O5/c1-13-18(20(24)28-12-14-4-8-16(26-2)9-5-14)19(23-21(25)22-13)15-6-10-17(27-3)11-7-15/h4-11,19H,12H2,1-3H3,(H2,22,23,25)/t19-/m0/s1. The Hall–Kier alpha value is -3.48. The molecule has 1 atom stereocenters. The summed E-state index contributed by atoms with van der Waals surface area (Å²) in [4.78, 5) is 24.7. The van der Waals surface area contributed by atoms with Crippen LogP contribution >= 0.6 is 0 Å². The predicted molar refractivity (Wildman–Crippen MR) is 103 cm³/mol. The molecule has 0 aromatic heterocycles. The predicted octanol–water partition coefficient (Wildman–Crippen LogP) is 3.08. The number of hydrogen-bond donors (Lipinski definition) is 2. The van der Waals surface area contributed by atoms with Crippen LogP contribution in [-0.4, -0.2) is 26.2 Å². The molecule has 0 saturated heterocycles. The number of ether oxygens (including phenoxy) is 3. The molecule has 0 radical (unpaired) electrons. The molecule has 3 rings (SSSR count). The summed E-state index contributed by atoms with van der Waals surface area (Å²) < 4.78 is 15.8. The van der Waals surface area contributed by atoms with Gasteiger partial charge < -0.3 is 24.8 Å². The zero-order chi connectivity index (χ0) is 20.1. The van der Waals surface area contributed by atoms with Gasteiger partial charge in [-0.15, -0.1) is 0 Å². The topological polar surface area (TPSA) is 85.9 Å². The molecule has 0 unspecified atom stereocenters. The first kappa shape index (κ1) is 19.3. The number of carbonyl (C=O) groups excluding carboxylic acids is 2. The second-order valence-electron chi connectivity index (χ2n) is 6.27. The van der Waals surface area contributed by atoms with Gasteiger partial charge in [-0.2, -0.15) is 0 Å². The first-order chi connectivity index (χ1) is 13.5. The number of carbonyl (C=O) groups is 2. The van der Waals surface area contributed by atoms with Gasteiger partial charge in [0.25, 0.3) is 0 Å². The van der Waals surface area contributed by atoms with Crippen molar-refractivity contribution < 1.29 is 23.8 Å². The Kier molecular flexibility index (Phi) is 5.84. The van der Waals surface area contributed by atoms with Crippen LogP contribution in [0.25, 0.3) is 0 Å². The van der Waals surface area contributed by atoms with E-state index in [4.69, 9.17) is 14.2 Å². The van der Waals surface area contributed by atoms with Crippen molar-refractivity contribution >= 4 is 12.0 Å². The van der Waals surface area contributed by atoms with E-state index in [1.54, 1.807) is 57.5 Å². The van der Waals surface area contributed by atoms with Gasteiger partial charge in [-0.05, 0) is 42.3 Å². The maximum Gasteiger partial charge on any atom is 0.338 e. The summed E-state index contributed by atoms with van der Waals surface area (Å²) >= 11 is 0. The van der Waals surface area contributed by atoms with Gasteiger partial charge in [-0.1, -0.05) is 24.3 Å². The first-order valence-corrected chi connectivity index (χ1v) is 8.74. The molecule has 0 aliphatic carbocycles. The van der Waals surface area contributed by atoms with Crippen LogP contribution in [0.15, 0.2) is 59.8 Å². The normalized spacial score (nSPS) is 16.1. The highest BCUT2D eigenvalue weighted by Gasteiger charge is 2.32. The number of rotatable bonds is 6. The summed E-state index contributed by atoms with van der Waals surface area (Å²) in [6, 6.07) is 13.4. The van der Waals surface area contributed by atoms with Crippen LogP contribution in [0, 0.1) is 0 Å². The Bertz CT molecular complexity index is 888. The molecule has 1 aliphatic rings. The second-order valence-corrected chi connectivity index (χ2v) is 6.27. The molecule has 7 nitrogen and oxygen atoms in total. The van der Waals surface area contributed by atoms with E-state index in [-0.39, 0.29) is 12.6 Å². The van der Waals surface area contributed by atoms with Crippen LogP contribution in [0.1, 0.15) is 24.1 Å². The lowest BCUT2D eigenvalue weighted by Crippen LogP contribution is -2.45. The van der Waals surface area contributed by atoms with Crippen molar-refractivity contribution in [1.82, 2.24) is 10.6 Å². The summed E-state index contributed by atoms with van der Waals surface area (Å²) in [5, 5.41) is 5.41. The largest absolute Gasteiger partial charge is 0.497 e. The third kappa shape index (κ3) is 4.25. The Morgan fingerprint density at radius 3 is 2.11 bits per heavy atom. The molecule has 2 amide bonds. The lowest BCUT2D eigenvalue weighted by molar-refractivity contribution is -0.140. The van der Waals surface area contributed by atoms with Gasteiger partial charge in [0.05, 0.1) is 25.8 Å². The fourth-order valence-electron chi connectivity index (χ4n) is 2.96. The molecule has 2 N–H and O–H groups in total. The van der Waals surface area contributed by atoms with Gasteiger partial charge in [0.1, 0.15) is 18.1 Å². The summed E-state index contributed by atoms with van der Waals surface area (Å²) in [5.74, 6) is 0.919. The molecule has 0 bridgehead atoms. The lowest BCUT2D eigenvalue weighted by Gasteiger charge is -2.28. The van der Waals surface area contributed by atoms with E-state index in [1.807, 2.05) is 12.1 Å². The molecule has 1 aliphatic heterocycles. The molecule has 7 heteroatoms. The van der Waals surface area contributed by atoms with Crippen LogP contribution < -0.4 is 20.1 Å². The highest BCUT2D eigenvalue weighted by Crippen LogP contribution is 2.29. The van der Waals surface area contributed by atoms with Crippen molar-refractivity contribution in [3.05, 3.63) is 70.9 Å². The number of methoxy groups -OCH3 is 2. The molecular weight excluding hydrogens is 360 g/mol. The molecule has 0 spiro atoms. The van der Waals surface area contributed by atoms with Gasteiger partial charge in [-0.3, -0.25) is 0 Å². The summed E-state index contributed by atoms with van der Waals surface area (Å²) in [6.07, 6.45) is 0. The smallest absolute Gasteiger partial charge is 0.338 e. The van der Waals surface area contributed by atoms with E-state index in [9.17, 15) is 9.59 Å². The molecule has 0 fully saturated rings. The minimum atomic E-state index is -0.608. The van der Waals surface area contributed by atoms with Crippen molar-refractivity contribution in [3.63, 3.8) is 0 Å². The number of amides is 2. The Balaban J connectivity index is 1.79. The van der Waals surface area contributed by atoms with E-state index < -0.39 is 12.0 Å². The quantitative estimate of drug-likeness (QED) is 0.750. The van der Waals surface area contributed by atoms with Gasteiger partial charge in [0.2, 0.25) is 0 Å². The highest BCUT2D eigenvalue weighted by molar-refractivity contribution is 5.95. The minimum Gasteiger partial charge on any atom is -0.497 e. The number of hydrogen-bond acceptors (Lipinski definition) is 5. The monoisotopic (exact) mass is 382 g/mol. The fraction of sp³-hybridized carbons (Fsp3) is 0.238. The van der Waals surface area contributed by atoms with Crippen LogP contribution in [0.4, 0.5) is 4.79 Å². The van der Waals surface area contributed by atoms with E-state index in [0.29, 0.717) is 17.0 Å². The van der Waals surface area contributed by atoms with Crippen molar-refractivity contribution in [1.29, 1.82) is 0 Å². The Morgan fingerprint density at radius 2 is 1.54 bits per heavy atom. The maximum absolute atomic E-state index is 12.8. The zero-order valence-electron chi connectivity index (χ0n) is 15.9. The number of benzene rings is 2. The zero-order valence-corrected chi connectivity index (χ0v) is 15.9. The van der Waals surface area contributed by atoms with E-state index >= 15 is 0 Å². The van der Waals surface area contributed by atoms with Gasteiger partial charge >= 0.3 is 12.0 Å². The highest BCUT2D eigenvalue weighted by atomic mass is 16.5. The number of allylic oxidation sites excluding steroid dienone is 1. The molecule has 1 heterocycles.